The lowest BCUT2D eigenvalue weighted by Gasteiger charge is -2.33. The van der Waals surface area contributed by atoms with Gasteiger partial charge in [0.1, 0.15) is 0 Å². The smallest absolute Gasteiger partial charge is 0.160 e. The Labute approximate surface area is 356 Å². The molecule has 0 saturated heterocycles. The summed E-state index contributed by atoms with van der Waals surface area (Å²) in [6.45, 7) is 0. The van der Waals surface area contributed by atoms with Crippen LogP contribution in [0.5, 0.6) is 0 Å². The molecule has 8 aromatic carbocycles. The molecule has 1 aromatic heterocycles. The van der Waals surface area contributed by atoms with Crippen LogP contribution in [0.3, 0.4) is 0 Å². The Kier molecular flexibility index (Phi) is 8.24. The number of fused-ring (bicyclic) bond motifs is 9. The van der Waals surface area contributed by atoms with Crippen molar-refractivity contribution in [1.29, 1.82) is 0 Å². The molecule has 0 unspecified atom stereocenters. The van der Waals surface area contributed by atoms with Gasteiger partial charge in [-0.1, -0.05) is 200 Å². The van der Waals surface area contributed by atoms with E-state index in [0.29, 0.717) is 5.82 Å². The summed E-state index contributed by atoms with van der Waals surface area (Å²) in [5.41, 5.74) is 23.1. The molecule has 1 spiro atoms. The van der Waals surface area contributed by atoms with Gasteiger partial charge in [-0.05, 0) is 109 Å². The Hall–Kier alpha value is -7.68. The van der Waals surface area contributed by atoms with E-state index < -0.39 is 0 Å². The van der Waals surface area contributed by atoms with E-state index in [9.17, 15) is 0 Å². The molecule has 0 bridgehead atoms. The highest BCUT2D eigenvalue weighted by molar-refractivity contribution is 5.98. The Balaban J connectivity index is 0.891. The molecule has 3 aliphatic rings. The molecule has 1 heterocycles. The van der Waals surface area contributed by atoms with Crippen LogP contribution in [0.15, 0.2) is 224 Å². The third-order valence-corrected chi connectivity index (χ3v) is 13.0. The van der Waals surface area contributed by atoms with Gasteiger partial charge in [-0.15, -0.1) is 0 Å². The van der Waals surface area contributed by atoms with Crippen molar-refractivity contribution in [2.75, 3.05) is 0 Å². The van der Waals surface area contributed by atoms with Crippen LogP contribution in [0.25, 0.3) is 84.0 Å². The van der Waals surface area contributed by atoms with Crippen molar-refractivity contribution in [2.24, 2.45) is 0 Å². The first-order chi connectivity index (χ1) is 30.2. The van der Waals surface area contributed by atoms with E-state index in [-0.39, 0.29) is 5.41 Å². The predicted molar refractivity (Wildman–Crippen MR) is 252 cm³/mol. The first-order valence-electron chi connectivity index (χ1n) is 21.3. The van der Waals surface area contributed by atoms with Gasteiger partial charge in [-0.25, -0.2) is 9.97 Å². The molecule has 0 aliphatic heterocycles. The normalized spacial score (nSPS) is 14.1. The molecular weight excluding hydrogens is 737 g/mol. The SMILES string of the molecule is C1=CC2=C(CC1)C1(c3ccc(-c4ccc(-c5cccc(-c6cc(-c7ccc(-c8ccccc8)cc7)nc(-c7ccccc7)n6)c5)cc4)cc32)c2ccccc2-c2ccccc21. The van der Waals surface area contributed by atoms with E-state index in [1.54, 1.807) is 5.57 Å². The fourth-order valence-electron chi connectivity index (χ4n) is 10.2. The van der Waals surface area contributed by atoms with Gasteiger partial charge in [0.05, 0.1) is 16.8 Å². The number of aromatic nitrogens is 2. The average molecular weight is 777 g/mol. The molecule has 0 fully saturated rings. The van der Waals surface area contributed by atoms with Gasteiger partial charge >= 0.3 is 0 Å². The van der Waals surface area contributed by atoms with Crippen molar-refractivity contribution in [2.45, 2.75) is 18.3 Å². The zero-order chi connectivity index (χ0) is 40.3. The summed E-state index contributed by atoms with van der Waals surface area (Å²) in [5, 5.41) is 0. The quantitative estimate of drug-likeness (QED) is 0.168. The minimum absolute atomic E-state index is 0.241. The summed E-state index contributed by atoms with van der Waals surface area (Å²) in [7, 11) is 0. The lowest BCUT2D eigenvalue weighted by atomic mass is 9.68. The number of benzene rings is 8. The molecule has 286 valence electrons. The summed E-state index contributed by atoms with van der Waals surface area (Å²) in [6.07, 6.45) is 6.89. The van der Waals surface area contributed by atoms with Crippen LogP contribution in [0.2, 0.25) is 0 Å². The van der Waals surface area contributed by atoms with E-state index in [1.165, 1.54) is 66.8 Å². The molecule has 0 radical (unpaired) electrons. The fraction of sp³-hybridized carbons (Fsp3) is 0.0508. The molecule has 9 aromatic rings. The Bertz CT molecular complexity index is 3160. The minimum atomic E-state index is -0.241. The van der Waals surface area contributed by atoms with Gasteiger partial charge in [0.25, 0.3) is 0 Å². The van der Waals surface area contributed by atoms with E-state index in [1.807, 2.05) is 24.3 Å². The molecule has 0 amide bonds. The number of nitrogens with zero attached hydrogens (tertiary/aromatic N) is 2. The standard InChI is InChI=1S/C59H40N2/c1-3-14-39(15-4-1)40-30-32-43(33-31-40)56-38-57(61-58(60-56)44-16-5-2-6-17-44)47-19-13-18-45(36-47)41-26-28-42(29-27-41)46-34-35-55-51(37-46)50-22-9-12-25-54(50)59(55)52-23-10-7-20-48(52)49-21-8-11-24-53(49)59/h1-11,13-24,26-38H,12,25H2. The molecule has 12 rings (SSSR count). The lowest BCUT2D eigenvalue weighted by molar-refractivity contribution is 0.714. The second-order valence-electron chi connectivity index (χ2n) is 16.4. The van der Waals surface area contributed by atoms with Crippen LogP contribution in [-0.2, 0) is 5.41 Å². The Morgan fingerprint density at radius 1 is 0.344 bits per heavy atom. The zero-order valence-electron chi connectivity index (χ0n) is 33.6. The number of hydrogen-bond acceptors (Lipinski definition) is 2. The first kappa shape index (κ1) is 35.3. The number of rotatable bonds is 6. The first-order valence-corrected chi connectivity index (χ1v) is 21.3. The van der Waals surface area contributed by atoms with Gasteiger partial charge in [-0.2, -0.15) is 0 Å². The molecule has 2 heteroatoms. The van der Waals surface area contributed by atoms with Gasteiger partial charge in [0.2, 0.25) is 0 Å². The van der Waals surface area contributed by atoms with E-state index >= 15 is 0 Å². The van der Waals surface area contributed by atoms with Crippen LogP contribution in [0, 0.1) is 0 Å². The van der Waals surface area contributed by atoms with Crippen LogP contribution < -0.4 is 0 Å². The maximum Gasteiger partial charge on any atom is 0.160 e. The third-order valence-electron chi connectivity index (χ3n) is 13.0. The van der Waals surface area contributed by atoms with E-state index in [4.69, 9.17) is 9.97 Å². The maximum absolute atomic E-state index is 5.14. The monoisotopic (exact) mass is 776 g/mol. The molecule has 0 saturated carbocycles. The number of allylic oxidation sites excluding steroid dienone is 4. The summed E-state index contributed by atoms with van der Waals surface area (Å²) in [4.78, 5) is 10.2. The molecule has 3 aliphatic carbocycles. The second kappa shape index (κ2) is 14.3. The topological polar surface area (TPSA) is 25.8 Å². The van der Waals surface area contributed by atoms with Crippen molar-refractivity contribution in [3.63, 3.8) is 0 Å². The van der Waals surface area contributed by atoms with Crippen molar-refractivity contribution < 1.29 is 0 Å². The molecule has 0 atom stereocenters. The predicted octanol–water partition coefficient (Wildman–Crippen LogP) is 14.9. The van der Waals surface area contributed by atoms with Crippen molar-refractivity contribution in [3.05, 3.63) is 246 Å². The van der Waals surface area contributed by atoms with Crippen LogP contribution in [0.1, 0.15) is 35.1 Å². The van der Waals surface area contributed by atoms with Gasteiger partial charge in [0, 0.05) is 16.7 Å². The third kappa shape index (κ3) is 5.71. The lowest BCUT2D eigenvalue weighted by Crippen LogP contribution is -2.27. The van der Waals surface area contributed by atoms with E-state index in [2.05, 4.69) is 194 Å². The van der Waals surface area contributed by atoms with Crippen molar-refractivity contribution in [1.82, 2.24) is 9.97 Å². The van der Waals surface area contributed by atoms with E-state index in [0.717, 1.165) is 46.5 Å². The average Bonchev–Trinajstić information content (AvgIpc) is 3.82. The van der Waals surface area contributed by atoms with Crippen LogP contribution in [0.4, 0.5) is 0 Å². The van der Waals surface area contributed by atoms with Crippen LogP contribution in [-0.4, -0.2) is 9.97 Å². The Morgan fingerprint density at radius 3 is 1.49 bits per heavy atom. The zero-order valence-corrected chi connectivity index (χ0v) is 33.6. The molecule has 61 heavy (non-hydrogen) atoms. The second-order valence-corrected chi connectivity index (χ2v) is 16.4. The van der Waals surface area contributed by atoms with Crippen molar-refractivity contribution >= 4 is 5.57 Å². The highest BCUT2D eigenvalue weighted by atomic mass is 14.9. The largest absolute Gasteiger partial charge is 0.228 e. The van der Waals surface area contributed by atoms with Crippen molar-refractivity contribution in [3.8, 4) is 78.4 Å². The summed E-state index contributed by atoms with van der Waals surface area (Å²) < 4.78 is 0. The maximum atomic E-state index is 5.14. The number of hydrogen-bond donors (Lipinski definition) is 0. The molecule has 2 nitrogen and oxygen atoms in total. The Morgan fingerprint density at radius 2 is 0.820 bits per heavy atom. The minimum Gasteiger partial charge on any atom is -0.228 e. The van der Waals surface area contributed by atoms with Gasteiger partial charge in [0.15, 0.2) is 5.82 Å². The summed E-state index contributed by atoms with van der Waals surface area (Å²) >= 11 is 0. The molecular formula is C59H40N2. The van der Waals surface area contributed by atoms with Gasteiger partial charge < -0.3 is 0 Å². The fourth-order valence-corrected chi connectivity index (χ4v) is 10.2. The summed E-state index contributed by atoms with van der Waals surface area (Å²) in [5.74, 6) is 0.711. The molecule has 0 N–H and O–H groups in total. The highest BCUT2D eigenvalue weighted by Gasteiger charge is 2.52. The highest BCUT2D eigenvalue weighted by Crippen LogP contribution is 2.63. The summed E-state index contributed by atoms with van der Waals surface area (Å²) in [6, 6.07) is 74.7. The van der Waals surface area contributed by atoms with Gasteiger partial charge in [-0.3, -0.25) is 0 Å². The van der Waals surface area contributed by atoms with Crippen LogP contribution >= 0.6 is 0 Å².